The lowest BCUT2D eigenvalue weighted by Crippen LogP contribution is -2.30. The van der Waals surface area contributed by atoms with E-state index in [0.717, 1.165) is 44.8 Å². The van der Waals surface area contributed by atoms with Crippen LogP contribution in [0.1, 0.15) is 116 Å². The summed E-state index contributed by atoms with van der Waals surface area (Å²) in [4.78, 5) is 23.5. The van der Waals surface area contributed by atoms with Crippen LogP contribution in [0.5, 0.6) is 0 Å². The van der Waals surface area contributed by atoms with Crippen LogP contribution in [0.15, 0.2) is 0 Å². The van der Waals surface area contributed by atoms with Crippen molar-refractivity contribution in [2.45, 2.75) is 128 Å². The molecule has 2 fully saturated rings. The van der Waals surface area contributed by atoms with E-state index >= 15 is 0 Å². The lowest BCUT2D eigenvalue weighted by atomic mass is 9.74. The molecule has 4 heteroatoms. The van der Waals surface area contributed by atoms with Gasteiger partial charge in [-0.3, -0.25) is 4.79 Å². The van der Waals surface area contributed by atoms with Crippen LogP contribution in [0.2, 0.25) is 0 Å². The second-order valence-corrected chi connectivity index (χ2v) is 9.71. The summed E-state index contributed by atoms with van der Waals surface area (Å²) in [5.74, 6) is 0.365. The predicted octanol–water partition coefficient (Wildman–Crippen LogP) is 6.64. The van der Waals surface area contributed by atoms with Crippen molar-refractivity contribution >= 4 is 12.3 Å². The van der Waals surface area contributed by atoms with Gasteiger partial charge in [0.2, 0.25) is 0 Å². The number of ether oxygens (including phenoxy) is 2. The summed E-state index contributed by atoms with van der Waals surface area (Å²) in [6, 6.07) is 0. The molecule has 0 amide bonds. The largest absolute Gasteiger partial charge is 0.469 e. The molecule has 0 aromatic rings. The molecule has 0 radical (unpaired) electrons. The first-order chi connectivity index (χ1) is 14.7. The molecule has 1 heterocycles. The number of hydrogen-bond donors (Lipinski definition) is 0. The van der Waals surface area contributed by atoms with Crippen molar-refractivity contribution < 1.29 is 19.1 Å². The topological polar surface area (TPSA) is 55.9 Å². The maximum atomic E-state index is 12.3. The molecule has 0 aromatic heterocycles. The molecule has 0 aromatic carbocycles. The third kappa shape index (κ3) is 9.49. The van der Waals surface area contributed by atoms with Crippen LogP contribution in [0.3, 0.4) is 0 Å². The molecule has 1 saturated heterocycles. The van der Waals surface area contributed by atoms with Crippen LogP contribution in [-0.4, -0.2) is 31.6 Å². The Labute approximate surface area is 184 Å². The molecule has 2 rings (SSSR count). The lowest BCUT2D eigenvalue weighted by molar-refractivity contribution is -0.148. The number of carbonyl (C=O) groups excluding carboxylic acids is 2. The number of unbranched alkanes of at least 4 members (excludes halogenated alkanes) is 8. The normalized spacial score (nSPS) is 26.9. The second-order valence-electron chi connectivity index (χ2n) is 9.71. The Morgan fingerprint density at radius 3 is 2.23 bits per heavy atom. The van der Waals surface area contributed by atoms with Gasteiger partial charge in [0.15, 0.2) is 0 Å². The number of rotatable bonds is 17. The summed E-state index contributed by atoms with van der Waals surface area (Å²) >= 11 is 0. The number of esters is 1. The average molecular weight is 423 g/mol. The SMILES string of the molecule is CCCCCCCCC1OC1CCCCCCC(C(=O)OC)C1CCCC(C=O)C1. The number of methoxy groups -OCH3 is 1. The summed E-state index contributed by atoms with van der Waals surface area (Å²) in [6.45, 7) is 2.26. The Morgan fingerprint density at radius 2 is 1.60 bits per heavy atom. The molecule has 5 unspecified atom stereocenters. The van der Waals surface area contributed by atoms with E-state index in [2.05, 4.69) is 6.92 Å². The maximum absolute atomic E-state index is 12.3. The minimum absolute atomic E-state index is 0.0220. The Balaban J connectivity index is 1.51. The molecule has 4 nitrogen and oxygen atoms in total. The zero-order valence-electron chi connectivity index (χ0n) is 19.6. The highest BCUT2D eigenvalue weighted by molar-refractivity contribution is 5.72. The van der Waals surface area contributed by atoms with Crippen molar-refractivity contribution in [2.24, 2.45) is 17.8 Å². The highest BCUT2D eigenvalue weighted by Crippen LogP contribution is 2.36. The fraction of sp³-hybridized carbons (Fsp3) is 0.923. The van der Waals surface area contributed by atoms with Gasteiger partial charge < -0.3 is 14.3 Å². The number of aldehydes is 1. The van der Waals surface area contributed by atoms with Gasteiger partial charge in [-0.1, -0.05) is 77.6 Å². The van der Waals surface area contributed by atoms with Crippen molar-refractivity contribution in [3.63, 3.8) is 0 Å². The minimum Gasteiger partial charge on any atom is -0.469 e. The van der Waals surface area contributed by atoms with Crippen molar-refractivity contribution in [3.05, 3.63) is 0 Å². The van der Waals surface area contributed by atoms with Crippen molar-refractivity contribution in [1.29, 1.82) is 0 Å². The molecule has 0 bridgehead atoms. The molecule has 2 aliphatic rings. The van der Waals surface area contributed by atoms with Crippen LogP contribution < -0.4 is 0 Å². The van der Waals surface area contributed by atoms with Crippen molar-refractivity contribution in [1.82, 2.24) is 0 Å². The van der Waals surface area contributed by atoms with Crippen LogP contribution in [-0.2, 0) is 19.1 Å². The van der Waals surface area contributed by atoms with E-state index in [-0.39, 0.29) is 17.8 Å². The fourth-order valence-corrected chi connectivity index (χ4v) is 5.33. The van der Waals surface area contributed by atoms with Gasteiger partial charge in [0.1, 0.15) is 6.29 Å². The molecule has 5 atom stereocenters. The molecule has 30 heavy (non-hydrogen) atoms. The van der Waals surface area contributed by atoms with E-state index in [1.165, 1.54) is 77.7 Å². The Hall–Kier alpha value is -0.900. The van der Waals surface area contributed by atoms with Gasteiger partial charge in [-0.15, -0.1) is 0 Å². The average Bonchev–Trinajstić information content (AvgIpc) is 3.53. The van der Waals surface area contributed by atoms with Gasteiger partial charge in [-0.2, -0.15) is 0 Å². The Morgan fingerprint density at radius 1 is 0.967 bits per heavy atom. The van der Waals surface area contributed by atoms with Gasteiger partial charge in [0.05, 0.1) is 25.2 Å². The molecule has 1 saturated carbocycles. The molecule has 1 aliphatic carbocycles. The fourth-order valence-electron chi connectivity index (χ4n) is 5.33. The zero-order valence-corrected chi connectivity index (χ0v) is 19.6. The Kier molecular flexibility index (Phi) is 12.7. The second kappa shape index (κ2) is 15.0. The molecule has 0 spiro atoms. The van der Waals surface area contributed by atoms with Gasteiger partial charge in [-0.25, -0.2) is 0 Å². The van der Waals surface area contributed by atoms with E-state index in [9.17, 15) is 9.59 Å². The summed E-state index contributed by atoms with van der Waals surface area (Å²) in [6.07, 6.45) is 22.3. The Bertz CT molecular complexity index is 478. The summed E-state index contributed by atoms with van der Waals surface area (Å²) in [5, 5.41) is 0. The van der Waals surface area contributed by atoms with Crippen LogP contribution >= 0.6 is 0 Å². The number of carbonyl (C=O) groups is 2. The first-order valence-corrected chi connectivity index (χ1v) is 12.9. The predicted molar refractivity (Wildman–Crippen MR) is 121 cm³/mol. The maximum Gasteiger partial charge on any atom is 0.308 e. The molecule has 174 valence electrons. The van der Waals surface area contributed by atoms with E-state index in [1.54, 1.807) is 0 Å². The van der Waals surface area contributed by atoms with Gasteiger partial charge >= 0.3 is 5.97 Å². The number of hydrogen-bond acceptors (Lipinski definition) is 4. The van der Waals surface area contributed by atoms with E-state index in [4.69, 9.17) is 9.47 Å². The van der Waals surface area contributed by atoms with E-state index in [0.29, 0.717) is 18.1 Å². The van der Waals surface area contributed by atoms with Crippen molar-refractivity contribution in [3.8, 4) is 0 Å². The smallest absolute Gasteiger partial charge is 0.308 e. The van der Waals surface area contributed by atoms with Gasteiger partial charge in [0.25, 0.3) is 0 Å². The van der Waals surface area contributed by atoms with E-state index in [1.807, 2.05) is 0 Å². The van der Waals surface area contributed by atoms with Gasteiger partial charge in [-0.05, 0) is 44.4 Å². The third-order valence-corrected chi connectivity index (χ3v) is 7.30. The quantitative estimate of drug-likeness (QED) is 0.114. The lowest BCUT2D eigenvalue weighted by Gasteiger charge is -2.31. The highest BCUT2D eigenvalue weighted by atomic mass is 16.6. The standard InChI is InChI=1S/C26H46O4/c1-3-4-5-6-7-11-17-24-25(30-24)18-12-9-8-10-16-23(26(28)29-2)22-15-13-14-21(19-22)20-27/h20-25H,3-19H2,1-2H3. The first kappa shape index (κ1) is 25.4. The molecular weight excluding hydrogens is 376 g/mol. The minimum atomic E-state index is -0.0736. The van der Waals surface area contributed by atoms with Crippen molar-refractivity contribution in [2.75, 3.05) is 7.11 Å². The molecule has 0 N–H and O–H groups in total. The van der Waals surface area contributed by atoms with Crippen LogP contribution in [0.25, 0.3) is 0 Å². The number of epoxide rings is 1. The molecular formula is C26H46O4. The van der Waals surface area contributed by atoms with Gasteiger partial charge in [0, 0.05) is 5.92 Å². The van der Waals surface area contributed by atoms with E-state index < -0.39 is 0 Å². The molecule has 1 aliphatic heterocycles. The highest BCUT2D eigenvalue weighted by Gasteiger charge is 2.37. The van der Waals surface area contributed by atoms with Crippen LogP contribution in [0, 0.1) is 17.8 Å². The third-order valence-electron chi connectivity index (χ3n) is 7.30. The summed E-state index contributed by atoms with van der Waals surface area (Å²) < 4.78 is 10.9. The summed E-state index contributed by atoms with van der Waals surface area (Å²) in [5.41, 5.74) is 0. The summed E-state index contributed by atoms with van der Waals surface area (Å²) in [7, 11) is 1.49. The van der Waals surface area contributed by atoms with Crippen LogP contribution in [0.4, 0.5) is 0 Å². The first-order valence-electron chi connectivity index (χ1n) is 12.9. The zero-order chi connectivity index (χ0) is 21.6. The monoisotopic (exact) mass is 422 g/mol.